The predicted molar refractivity (Wildman–Crippen MR) is 68.3 cm³/mol. The third-order valence-corrected chi connectivity index (χ3v) is 5.60. The molecule has 1 aromatic rings. The highest BCUT2D eigenvalue weighted by Crippen LogP contribution is 2.29. The number of hydrogen-bond donors (Lipinski definition) is 3. The van der Waals surface area contributed by atoms with Gasteiger partial charge in [0.2, 0.25) is 10.0 Å². The first-order chi connectivity index (χ1) is 8.03. The zero-order valence-electron chi connectivity index (χ0n) is 9.51. The molecule has 96 valence electrons. The zero-order chi connectivity index (χ0) is 12.5. The second-order valence-electron chi connectivity index (χ2n) is 4.14. The van der Waals surface area contributed by atoms with Gasteiger partial charge >= 0.3 is 0 Å². The molecule has 2 unspecified atom stereocenters. The van der Waals surface area contributed by atoms with Crippen LogP contribution in [0.15, 0.2) is 11.1 Å². The molecule has 1 heterocycles. The van der Waals surface area contributed by atoms with Gasteiger partial charge in [-0.2, -0.15) is 16.9 Å². The third kappa shape index (κ3) is 2.75. The Hall–Kier alpha value is -0.730. The van der Waals surface area contributed by atoms with Gasteiger partial charge in [0.15, 0.2) is 0 Å². The molecule has 1 saturated carbocycles. The summed E-state index contributed by atoms with van der Waals surface area (Å²) in [6.07, 6.45) is 6.09. The van der Waals surface area contributed by atoms with Crippen molar-refractivity contribution in [3.05, 3.63) is 6.20 Å². The van der Waals surface area contributed by atoms with Crippen LogP contribution in [-0.2, 0) is 10.0 Å². The molecule has 0 saturated heterocycles. The first-order valence-corrected chi connectivity index (χ1v) is 8.14. The monoisotopic (exact) mass is 276 g/mol. The fourth-order valence-corrected chi connectivity index (χ4v) is 4.15. The van der Waals surface area contributed by atoms with E-state index in [2.05, 4.69) is 21.2 Å². The van der Waals surface area contributed by atoms with Crippen molar-refractivity contribution in [2.75, 3.05) is 12.0 Å². The Morgan fingerprint density at radius 1 is 1.59 bits per heavy atom. The van der Waals surface area contributed by atoms with Crippen molar-refractivity contribution in [1.29, 1.82) is 0 Å². The maximum atomic E-state index is 12.0. The van der Waals surface area contributed by atoms with E-state index in [1.54, 1.807) is 11.8 Å². The van der Waals surface area contributed by atoms with E-state index in [1.807, 2.05) is 0 Å². The number of thioether (sulfide) groups is 1. The van der Waals surface area contributed by atoms with Crippen LogP contribution in [0.1, 0.15) is 19.3 Å². The molecular weight excluding hydrogens is 260 g/mol. The highest BCUT2D eigenvalue weighted by Gasteiger charge is 2.29. The van der Waals surface area contributed by atoms with E-state index in [0.717, 1.165) is 19.3 Å². The summed E-state index contributed by atoms with van der Waals surface area (Å²) in [5, 5.41) is 6.59. The summed E-state index contributed by atoms with van der Waals surface area (Å²) in [5.74, 6) is 0.0805. The van der Waals surface area contributed by atoms with Gasteiger partial charge in [0.25, 0.3) is 0 Å². The molecule has 0 aliphatic heterocycles. The average Bonchev–Trinajstić information content (AvgIpc) is 2.86. The van der Waals surface area contributed by atoms with Gasteiger partial charge in [0, 0.05) is 11.3 Å². The quantitative estimate of drug-likeness (QED) is 0.745. The van der Waals surface area contributed by atoms with Gasteiger partial charge < -0.3 is 5.73 Å². The van der Waals surface area contributed by atoms with Gasteiger partial charge in [-0.3, -0.25) is 5.10 Å². The van der Waals surface area contributed by atoms with Gasteiger partial charge in [-0.25, -0.2) is 13.1 Å². The smallest absolute Gasteiger partial charge is 0.246 e. The van der Waals surface area contributed by atoms with Crippen LogP contribution in [0.2, 0.25) is 0 Å². The Kier molecular flexibility index (Phi) is 3.64. The molecule has 0 spiro atoms. The average molecular weight is 276 g/mol. The van der Waals surface area contributed by atoms with Gasteiger partial charge in [-0.15, -0.1) is 0 Å². The number of aromatic amines is 1. The summed E-state index contributed by atoms with van der Waals surface area (Å²) in [6.45, 7) is 0. The number of nitrogens with zero attached hydrogens (tertiary/aromatic N) is 1. The van der Waals surface area contributed by atoms with E-state index >= 15 is 0 Å². The number of nitrogens with two attached hydrogens (primary N) is 1. The summed E-state index contributed by atoms with van der Waals surface area (Å²) in [4.78, 5) is 0.0325. The molecule has 0 amide bonds. The number of rotatable bonds is 4. The van der Waals surface area contributed by atoms with E-state index in [0.29, 0.717) is 5.25 Å². The van der Waals surface area contributed by atoms with Gasteiger partial charge in [-0.05, 0) is 25.5 Å². The minimum absolute atomic E-state index is 0.00625. The molecule has 1 fully saturated rings. The normalized spacial score (nSPS) is 25.2. The third-order valence-electron chi connectivity index (χ3n) is 2.96. The summed E-state index contributed by atoms with van der Waals surface area (Å²) in [6, 6.07) is 0.00625. The number of aromatic nitrogens is 2. The Bertz CT molecular complexity index is 485. The summed E-state index contributed by atoms with van der Waals surface area (Å²) in [7, 11) is -3.54. The highest BCUT2D eigenvalue weighted by atomic mass is 32.2. The molecule has 4 N–H and O–H groups in total. The number of anilines is 1. The zero-order valence-corrected chi connectivity index (χ0v) is 11.1. The van der Waals surface area contributed by atoms with E-state index in [9.17, 15) is 8.42 Å². The van der Waals surface area contributed by atoms with E-state index in [-0.39, 0.29) is 16.8 Å². The number of sulfonamides is 1. The standard InChI is InChI=1S/C9H16N4O2S2/c1-16-7-3-2-6(4-7)13-17(14,15)8-5-11-12-9(8)10/h5-7,13H,2-4H2,1H3,(H3,10,11,12). The topological polar surface area (TPSA) is 101 Å². The Balaban J connectivity index is 2.07. The van der Waals surface area contributed by atoms with Gasteiger partial charge in [-0.1, -0.05) is 0 Å². The molecule has 2 atom stereocenters. The molecule has 1 aliphatic carbocycles. The number of nitrogen functional groups attached to an aromatic ring is 1. The Morgan fingerprint density at radius 3 is 2.88 bits per heavy atom. The van der Waals surface area contributed by atoms with Crippen LogP contribution in [-0.4, -0.2) is 36.2 Å². The number of nitrogens with one attached hydrogen (secondary N) is 2. The van der Waals surface area contributed by atoms with Crippen LogP contribution in [0.3, 0.4) is 0 Å². The molecular formula is C9H16N4O2S2. The van der Waals surface area contributed by atoms with Crippen molar-refractivity contribution in [3.8, 4) is 0 Å². The predicted octanol–water partition coefficient (Wildman–Crippen LogP) is 0.554. The lowest BCUT2D eigenvalue weighted by Crippen LogP contribution is -2.33. The van der Waals surface area contributed by atoms with Crippen LogP contribution in [0.25, 0.3) is 0 Å². The molecule has 1 aromatic heterocycles. The molecule has 6 nitrogen and oxygen atoms in total. The summed E-state index contributed by atoms with van der Waals surface area (Å²) < 4.78 is 26.7. The fourth-order valence-electron chi connectivity index (χ4n) is 2.04. The molecule has 0 radical (unpaired) electrons. The van der Waals surface area contributed by atoms with Crippen molar-refractivity contribution in [2.45, 2.75) is 35.4 Å². The SMILES string of the molecule is CSC1CCC(NS(=O)(=O)c2cn[nH]c2N)C1. The number of hydrogen-bond acceptors (Lipinski definition) is 5. The number of H-pyrrole nitrogens is 1. The van der Waals surface area contributed by atoms with E-state index in [4.69, 9.17) is 5.73 Å². The molecule has 8 heteroatoms. The van der Waals surface area contributed by atoms with Crippen LogP contribution in [0, 0.1) is 0 Å². The highest BCUT2D eigenvalue weighted by molar-refractivity contribution is 7.99. The van der Waals surface area contributed by atoms with Crippen LogP contribution >= 0.6 is 11.8 Å². The Labute approximate surface area is 105 Å². The van der Waals surface area contributed by atoms with Crippen LogP contribution in [0.4, 0.5) is 5.82 Å². The molecule has 1 aliphatic rings. The lowest BCUT2D eigenvalue weighted by Gasteiger charge is -2.12. The Morgan fingerprint density at radius 2 is 2.35 bits per heavy atom. The summed E-state index contributed by atoms with van der Waals surface area (Å²) in [5.41, 5.74) is 5.51. The second-order valence-corrected chi connectivity index (χ2v) is 6.96. The fraction of sp³-hybridized carbons (Fsp3) is 0.667. The maximum Gasteiger partial charge on any atom is 0.246 e. The lowest BCUT2D eigenvalue weighted by molar-refractivity contribution is 0.553. The largest absolute Gasteiger partial charge is 0.383 e. The van der Waals surface area contributed by atoms with Crippen molar-refractivity contribution in [1.82, 2.24) is 14.9 Å². The lowest BCUT2D eigenvalue weighted by atomic mass is 10.3. The van der Waals surface area contributed by atoms with Gasteiger partial charge in [0.1, 0.15) is 10.7 Å². The van der Waals surface area contributed by atoms with E-state index in [1.165, 1.54) is 6.20 Å². The second kappa shape index (κ2) is 4.87. The van der Waals surface area contributed by atoms with E-state index < -0.39 is 10.0 Å². The molecule has 0 aromatic carbocycles. The van der Waals surface area contributed by atoms with Crippen molar-refractivity contribution < 1.29 is 8.42 Å². The first-order valence-electron chi connectivity index (χ1n) is 5.37. The molecule has 17 heavy (non-hydrogen) atoms. The van der Waals surface area contributed by atoms with Crippen molar-refractivity contribution in [2.24, 2.45) is 0 Å². The van der Waals surface area contributed by atoms with Crippen molar-refractivity contribution in [3.63, 3.8) is 0 Å². The first kappa shape index (κ1) is 12.7. The maximum absolute atomic E-state index is 12.0. The molecule has 2 rings (SSSR count). The minimum atomic E-state index is -3.54. The van der Waals surface area contributed by atoms with Crippen LogP contribution < -0.4 is 10.5 Å². The van der Waals surface area contributed by atoms with Gasteiger partial charge in [0.05, 0.1) is 6.20 Å². The van der Waals surface area contributed by atoms with Crippen LogP contribution in [0.5, 0.6) is 0 Å². The minimum Gasteiger partial charge on any atom is -0.383 e. The molecule has 0 bridgehead atoms. The summed E-state index contributed by atoms with van der Waals surface area (Å²) >= 11 is 1.78. The van der Waals surface area contributed by atoms with Crippen molar-refractivity contribution >= 4 is 27.6 Å².